The number of anilines is 1. The molecule has 2 amide bonds. The maximum atomic E-state index is 14.7. The Morgan fingerprint density at radius 3 is 2.11 bits per heavy atom. The monoisotopic (exact) mass is 713 g/mol. The molecule has 11 heteroatoms. The van der Waals surface area contributed by atoms with Crippen LogP contribution in [-0.2, 0) is 32.6 Å². The zero-order valence-electron chi connectivity index (χ0n) is 26.7. The molecule has 4 aromatic carbocycles. The van der Waals surface area contributed by atoms with E-state index in [2.05, 4.69) is 5.32 Å². The Hall–Kier alpha value is -3.56. The number of rotatable bonds is 13. The molecular formula is C36H38Cl3N3O4S. The summed E-state index contributed by atoms with van der Waals surface area (Å²) in [7, 11) is -4.28. The second-order valence-corrected chi connectivity index (χ2v) is 14.6. The summed E-state index contributed by atoms with van der Waals surface area (Å²) in [4.78, 5) is 30.1. The van der Waals surface area contributed by atoms with Crippen LogP contribution in [0.25, 0.3) is 0 Å². The second kappa shape index (κ2) is 16.0. The lowest BCUT2D eigenvalue weighted by molar-refractivity contribution is -0.140. The van der Waals surface area contributed by atoms with E-state index in [0.717, 1.165) is 15.4 Å². The molecule has 0 radical (unpaired) electrons. The van der Waals surface area contributed by atoms with Crippen LogP contribution in [-0.4, -0.2) is 43.8 Å². The van der Waals surface area contributed by atoms with Crippen molar-refractivity contribution in [2.45, 2.75) is 64.1 Å². The summed E-state index contributed by atoms with van der Waals surface area (Å²) >= 11 is 19.5. The summed E-state index contributed by atoms with van der Waals surface area (Å²) in [5.74, 6) is -1.01. The van der Waals surface area contributed by atoms with E-state index in [1.54, 1.807) is 49.4 Å². The highest BCUT2D eigenvalue weighted by Crippen LogP contribution is 2.31. The Balaban J connectivity index is 1.87. The zero-order valence-corrected chi connectivity index (χ0v) is 29.8. The molecule has 1 N–H and O–H groups in total. The van der Waals surface area contributed by atoms with E-state index in [9.17, 15) is 18.0 Å². The van der Waals surface area contributed by atoms with Crippen molar-refractivity contribution in [3.8, 4) is 0 Å². The van der Waals surface area contributed by atoms with Crippen LogP contribution in [0.1, 0.15) is 42.5 Å². The molecule has 7 nitrogen and oxygen atoms in total. The first-order chi connectivity index (χ1) is 22.3. The lowest BCUT2D eigenvalue weighted by Crippen LogP contribution is -2.54. The summed E-state index contributed by atoms with van der Waals surface area (Å²) in [5, 5.41) is 3.94. The molecule has 0 bridgehead atoms. The molecule has 0 aliphatic rings. The van der Waals surface area contributed by atoms with Crippen LogP contribution in [0.3, 0.4) is 0 Å². The zero-order chi connectivity index (χ0) is 34.3. The molecule has 0 spiro atoms. The normalized spacial score (nSPS) is 12.7. The molecule has 0 aromatic heterocycles. The average molecular weight is 715 g/mol. The maximum absolute atomic E-state index is 14.7. The van der Waals surface area contributed by atoms with Gasteiger partial charge in [-0.2, -0.15) is 0 Å². The highest BCUT2D eigenvalue weighted by atomic mass is 35.5. The fourth-order valence-electron chi connectivity index (χ4n) is 5.05. The van der Waals surface area contributed by atoms with Crippen molar-refractivity contribution in [3.63, 3.8) is 0 Å². The first-order valence-corrected chi connectivity index (χ1v) is 17.8. The third-order valence-electron chi connectivity index (χ3n) is 7.99. The van der Waals surface area contributed by atoms with Crippen LogP contribution in [0.2, 0.25) is 15.1 Å². The smallest absolute Gasteiger partial charge is 0.264 e. The van der Waals surface area contributed by atoms with E-state index in [1.165, 1.54) is 23.1 Å². The molecule has 0 heterocycles. The van der Waals surface area contributed by atoms with Crippen molar-refractivity contribution in [1.29, 1.82) is 0 Å². The Morgan fingerprint density at radius 2 is 1.49 bits per heavy atom. The van der Waals surface area contributed by atoms with E-state index >= 15 is 0 Å². The molecule has 2 atom stereocenters. The van der Waals surface area contributed by atoms with Gasteiger partial charge in [0, 0.05) is 39.6 Å². The van der Waals surface area contributed by atoms with Gasteiger partial charge in [0.15, 0.2) is 0 Å². The summed E-state index contributed by atoms with van der Waals surface area (Å²) in [6.07, 6.45) is 0.836. The molecule has 0 aliphatic carbocycles. The third-order valence-corrected chi connectivity index (χ3v) is 10.7. The molecule has 4 rings (SSSR count). The van der Waals surface area contributed by atoms with E-state index in [1.807, 2.05) is 51.1 Å². The van der Waals surface area contributed by atoms with Gasteiger partial charge in [0.05, 0.1) is 10.6 Å². The Bertz CT molecular complexity index is 1800. The Labute approximate surface area is 292 Å². The van der Waals surface area contributed by atoms with E-state index in [0.29, 0.717) is 32.6 Å². The fraction of sp³-hybridized carbons (Fsp3) is 0.278. The van der Waals surface area contributed by atoms with E-state index in [4.69, 9.17) is 34.8 Å². The largest absolute Gasteiger partial charge is 0.352 e. The molecule has 4 aromatic rings. The number of nitrogens with one attached hydrogen (secondary N) is 1. The molecule has 0 fully saturated rings. The number of nitrogens with zero attached hydrogens (tertiary/aromatic N) is 2. The standard InChI is InChI=1S/C36H38Cl3N3O4S/c1-5-26(4)40-36(44)34(20-27-10-7-6-8-11-27)41(22-30-31(38)12-9-13-32(30)39)35(43)23-42(33-21-28(37)17-16-25(33)3)47(45,46)29-18-14-24(2)15-19-29/h6-19,21,26,34H,5,20,22-23H2,1-4H3,(H,40,44)/t26-,34-/m0/s1. The van der Waals surface area contributed by atoms with Gasteiger partial charge in [-0.3, -0.25) is 13.9 Å². The quantitative estimate of drug-likeness (QED) is 0.152. The van der Waals surface area contributed by atoms with Crippen molar-refractivity contribution in [3.05, 3.63) is 128 Å². The SMILES string of the molecule is CC[C@H](C)NC(=O)[C@H](Cc1ccccc1)N(Cc1c(Cl)cccc1Cl)C(=O)CN(c1cc(Cl)ccc1C)S(=O)(=O)c1ccc(C)cc1. The first-order valence-electron chi connectivity index (χ1n) is 15.2. The van der Waals surface area contributed by atoms with Gasteiger partial charge in [-0.1, -0.05) is 102 Å². The molecule has 0 unspecified atom stereocenters. The van der Waals surface area contributed by atoms with Crippen LogP contribution in [0.15, 0.2) is 95.9 Å². The molecule has 0 aliphatic heterocycles. The molecule has 0 saturated heterocycles. The second-order valence-electron chi connectivity index (χ2n) is 11.5. The number of benzene rings is 4. The van der Waals surface area contributed by atoms with Gasteiger partial charge in [0.25, 0.3) is 10.0 Å². The van der Waals surface area contributed by atoms with Crippen LogP contribution in [0.5, 0.6) is 0 Å². The summed E-state index contributed by atoms with van der Waals surface area (Å²) < 4.78 is 29.7. The van der Waals surface area contributed by atoms with Crippen molar-refractivity contribution < 1.29 is 18.0 Å². The number of amides is 2. The first kappa shape index (κ1) is 36.3. The number of aryl methyl sites for hydroxylation is 2. The number of hydrogen-bond acceptors (Lipinski definition) is 4. The Kier molecular flexibility index (Phi) is 12.4. The average Bonchev–Trinajstić information content (AvgIpc) is 3.04. The number of carbonyl (C=O) groups is 2. The highest BCUT2D eigenvalue weighted by molar-refractivity contribution is 7.92. The fourth-order valence-corrected chi connectivity index (χ4v) is 7.20. The van der Waals surface area contributed by atoms with Gasteiger partial charge in [0.1, 0.15) is 12.6 Å². The van der Waals surface area contributed by atoms with Crippen LogP contribution in [0, 0.1) is 13.8 Å². The predicted molar refractivity (Wildman–Crippen MR) is 191 cm³/mol. The van der Waals surface area contributed by atoms with Gasteiger partial charge in [-0.25, -0.2) is 8.42 Å². The van der Waals surface area contributed by atoms with Gasteiger partial charge >= 0.3 is 0 Å². The van der Waals surface area contributed by atoms with Crippen LogP contribution >= 0.6 is 34.8 Å². The van der Waals surface area contributed by atoms with Gasteiger partial charge in [-0.05, 0) is 74.7 Å². The van der Waals surface area contributed by atoms with Crippen LogP contribution in [0.4, 0.5) is 5.69 Å². The minimum Gasteiger partial charge on any atom is -0.352 e. The number of halogens is 3. The number of sulfonamides is 1. The van der Waals surface area contributed by atoms with Crippen molar-refractivity contribution in [2.24, 2.45) is 0 Å². The maximum Gasteiger partial charge on any atom is 0.264 e. The van der Waals surface area contributed by atoms with Gasteiger partial charge in [0.2, 0.25) is 11.8 Å². The molecule has 248 valence electrons. The van der Waals surface area contributed by atoms with Crippen molar-refractivity contribution in [1.82, 2.24) is 10.2 Å². The predicted octanol–water partition coefficient (Wildman–Crippen LogP) is 8.01. The Morgan fingerprint density at radius 1 is 0.851 bits per heavy atom. The minimum absolute atomic E-state index is 0.00585. The minimum atomic E-state index is -4.28. The summed E-state index contributed by atoms with van der Waals surface area (Å²) in [6.45, 7) is 6.66. The summed E-state index contributed by atoms with van der Waals surface area (Å²) in [6, 6.07) is 24.4. The van der Waals surface area contributed by atoms with Crippen molar-refractivity contribution in [2.75, 3.05) is 10.8 Å². The van der Waals surface area contributed by atoms with Gasteiger partial charge < -0.3 is 10.2 Å². The molecule has 47 heavy (non-hydrogen) atoms. The van der Waals surface area contributed by atoms with Crippen LogP contribution < -0.4 is 9.62 Å². The van der Waals surface area contributed by atoms with Gasteiger partial charge in [-0.15, -0.1) is 0 Å². The lowest BCUT2D eigenvalue weighted by Gasteiger charge is -2.35. The van der Waals surface area contributed by atoms with E-state index in [-0.39, 0.29) is 35.5 Å². The molecule has 0 saturated carbocycles. The number of carbonyl (C=O) groups excluding carboxylic acids is 2. The van der Waals surface area contributed by atoms with E-state index < -0.39 is 28.5 Å². The topological polar surface area (TPSA) is 86.8 Å². The lowest BCUT2D eigenvalue weighted by atomic mass is 10.0. The third kappa shape index (κ3) is 9.08. The number of hydrogen-bond donors (Lipinski definition) is 1. The summed E-state index contributed by atoms with van der Waals surface area (Å²) in [5.41, 5.74) is 2.96. The van der Waals surface area contributed by atoms with Crippen molar-refractivity contribution >= 4 is 62.3 Å². The molecular weight excluding hydrogens is 677 g/mol. The highest BCUT2D eigenvalue weighted by Gasteiger charge is 2.36.